The minimum Gasteiger partial charge on any atom is -0.319 e. The van der Waals surface area contributed by atoms with Gasteiger partial charge in [-0.15, -0.1) is 0 Å². The monoisotopic (exact) mass is 269 g/mol. The second-order valence-electron chi connectivity index (χ2n) is 5.05. The molecule has 0 atom stereocenters. The van der Waals surface area contributed by atoms with Crippen LogP contribution in [0.3, 0.4) is 0 Å². The molecule has 18 heavy (non-hydrogen) atoms. The van der Waals surface area contributed by atoms with Gasteiger partial charge in [-0.05, 0) is 36.6 Å². The first-order valence-electron chi connectivity index (χ1n) is 6.27. The summed E-state index contributed by atoms with van der Waals surface area (Å²) >= 11 is 5.96. The van der Waals surface area contributed by atoms with Crippen molar-refractivity contribution in [3.63, 3.8) is 0 Å². The molecule has 1 fully saturated rings. The van der Waals surface area contributed by atoms with Crippen LogP contribution in [0.15, 0.2) is 18.2 Å². The van der Waals surface area contributed by atoms with Gasteiger partial charge in [0, 0.05) is 11.4 Å². The van der Waals surface area contributed by atoms with Gasteiger partial charge < -0.3 is 5.73 Å². The fraction of sp³-hybridized carbons (Fsp3) is 0.500. The SMILES string of the molecule is NC1(C(=O)Cc2cc(F)ccc2Cl)CCCCC1. The fourth-order valence-corrected chi connectivity index (χ4v) is 2.67. The molecule has 2 nitrogen and oxygen atoms in total. The van der Waals surface area contributed by atoms with Crippen molar-refractivity contribution in [2.45, 2.75) is 44.1 Å². The predicted molar refractivity (Wildman–Crippen MR) is 70.1 cm³/mol. The van der Waals surface area contributed by atoms with Gasteiger partial charge in [-0.25, -0.2) is 4.39 Å². The topological polar surface area (TPSA) is 43.1 Å². The fourth-order valence-electron chi connectivity index (χ4n) is 2.49. The van der Waals surface area contributed by atoms with E-state index in [4.69, 9.17) is 17.3 Å². The second kappa shape index (κ2) is 5.37. The van der Waals surface area contributed by atoms with E-state index in [-0.39, 0.29) is 18.0 Å². The molecule has 0 radical (unpaired) electrons. The molecule has 0 saturated heterocycles. The van der Waals surface area contributed by atoms with Gasteiger partial charge in [0.15, 0.2) is 5.78 Å². The molecule has 1 aromatic carbocycles. The lowest BCUT2D eigenvalue weighted by molar-refractivity contribution is -0.124. The Hall–Kier alpha value is -0.930. The highest BCUT2D eigenvalue weighted by Crippen LogP contribution is 2.29. The molecule has 1 aliphatic rings. The van der Waals surface area contributed by atoms with Crippen molar-refractivity contribution < 1.29 is 9.18 Å². The minimum absolute atomic E-state index is 0.0327. The maximum Gasteiger partial charge on any atom is 0.157 e. The van der Waals surface area contributed by atoms with Crippen molar-refractivity contribution in [2.75, 3.05) is 0 Å². The summed E-state index contributed by atoms with van der Waals surface area (Å²) in [7, 11) is 0. The summed E-state index contributed by atoms with van der Waals surface area (Å²) in [4.78, 5) is 12.2. The summed E-state index contributed by atoms with van der Waals surface area (Å²) in [6, 6.07) is 4.07. The van der Waals surface area contributed by atoms with Gasteiger partial charge >= 0.3 is 0 Å². The van der Waals surface area contributed by atoms with E-state index in [0.29, 0.717) is 10.6 Å². The van der Waals surface area contributed by atoms with Gasteiger partial charge in [-0.2, -0.15) is 0 Å². The molecule has 0 amide bonds. The molecule has 98 valence electrons. The number of rotatable bonds is 3. The quantitative estimate of drug-likeness (QED) is 0.915. The molecule has 1 saturated carbocycles. The first kappa shape index (κ1) is 13.5. The lowest BCUT2D eigenvalue weighted by Crippen LogP contribution is -2.50. The van der Waals surface area contributed by atoms with E-state index >= 15 is 0 Å². The van der Waals surface area contributed by atoms with E-state index in [0.717, 1.165) is 32.1 Å². The van der Waals surface area contributed by atoms with Crippen LogP contribution in [-0.4, -0.2) is 11.3 Å². The number of halogens is 2. The zero-order valence-electron chi connectivity index (χ0n) is 10.2. The van der Waals surface area contributed by atoms with Crippen molar-refractivity contribution in [3.05, 3.63) is 34.6 Å². The zero-order chi connectivity index (χ0) is 13.2. The number of carbonyl (C=O) groups is 1. The van der Waals surface area contributed by atoms with Crippen LogP contribution < -0.4 is 5.73 Å². The first-order valence-corrected chi connectivity index (χ1v) is 6.65. The Bertz CT molecular complexity index is 455. The number of hydrogen-bond acceptors (Lipinski definition) is 2. The average Bonchev–Trinajstić information content (AvgIpc) is 2.35. The second-order valence-corrected chi connectivity index (χ2v) is 5.46. The van der Waals surface area contributed by atoms with E-state index in [1.807, 2.05) is 0 Å². The van der Waals surface area contributed by atoms with E-state index in [9.17, 15) is 9.18 Å². The standard InChI is InChI=1S/C14H17ClFNO/c15-12-5-4-11(16)8-10(12)9-13(18)14(17)6-2-1-3-7-14/h4-5,8H,1-3,6-7,9,17H2. The molecule has 1 aliphatic carbocycles. The molecule has 0 bridgehead atoms. The van der Waals surface area contributed by atoms with Crippen LogP contribution in [0, 0.1) is 5.82 Å². The summed E-state index contributed by atoms with van der Waals surface area (Å²) in [5.41, 5.74) is 5.94. The van der Waals surface area contributed by atoms with Crippen LogP contribution in [0.25, 0.3) is 0 Å². The number of nitrogens with two attached hydrogens (primary N) is 1. The third-order valence-corrected chi connectivity index (χ3v) is 4.03. The highest BCUT2D eigenvalue weighted by molar-refractivity contribution is 6.31. The summed E-state index contributed by atoms with van der Waals surface area (Å²) in [5, 5.41) is 0.421. The smallest absolute Gasteiger partial charge is 0.157 e. The Balaban J connectivity index is 2.13. The number of ketones is 1. The van der Waals surface area contributed by atoms with E-state index in [1.165, 1.54) is 18.2 Å². The van der Waals surface area contributed by atoms with Crippen molar-refractivity contribution in [3.8, 4) is 0 Å². The summed E-state index contributed by atoms with van der Waals surface area (Å²) in [6.07, 6.45) is 4.66. The first-order chi connectivity index (χ1) is 8.51. The zero-order valence-corrected chi connectivity index (χ0v) is 11.0. The molecule has 2 N–H and O–H groups in total. The third-order valence-electron chi connectivity index (χ3n) is 3.66. The Labute approximate surface area is 111 Å². The Morgan fingerprint density at radius 1 is 1.33 bits per heavy atom. The van der Waals surface area contributed by atoms with Crippen molar-refractivity contribution in [1.82, 2.24) is 0 Å². The lowest BCUT2D eigenvalue weighted by atomic mass is 9.78. The normalized spacial score (nSPS) is 18.6. The van der Waals surface area contributed by atoms with Crippen molar-refractivity contribution in [1.29, 1.82) is 0 Å². The van der Waals surface area contributed by atoms with Gasteiger partial charge in [0.1, 0.15) is 5.82 Å². The van der Waals surface area contributed by atoms with Gasteiger partial charge in [0.2, 0.25) is 0 Å². The maximum absolute atomic E-state index is 13.1. The van der Waals surface area contributed by atoms with Crippen molar-refractivity contribution >= 4 is 17.4 Å². The van der Waals surface area contributed by atoms with Crippen LogP contribution in [0.1, 0.15) is 37.7 Å². The van der Waals surface area contributed by atoms with Crippen LogP contribution in [0.2, 0.25) is 5.02 Å². The van der Waals surface area contributed by atoms with E-state index < -0.39 is 5.54 Å². The molecule has 0 spiro atoms. The lowest BCUT2D eigenvalue weighted by Gasteiger charge is -2.32. The largest absolute Gasteiger partial charge is 0.319 e. The maximum atomic E-state index is 13.1. The summed E-state index contributed by atoms with van der Waals surface area (Å²) in [6.45, 7) is 0. The molecule has 4 heteroatoms. The molecule has 0 aromatic heterocycles. The van der Waals surface area contributed by atoms with Crippen LogP contribution >= 0.6 is 11.6 Å². The molecule has 1 aromatic rings. The number of Topliss-reactive ketones (excluding diaryl/α,β-unsaturated/α-hetero) is 1. The molecular weight excluding hydrogens is 253 g/mol. The highest BCUT2D eigenvalue weighted by Gasteiger charge is 2.34. The van der Waals surface area contributed by atoms with Gasteiger partial charge in [-0.3, -0.25) is 4.79 Å². The molecule has 0 aliphatic heterocycles. The van der Waals surface area contributed by atoms with Crippen LogP contribution in [0.4, 0.5) is 4.39 Å². The number of carbonyl (C=O) groups excluding carboxylic acids is 1. The third kappa shape index (κ3) is 2.90. The van der Waals surface area contributed by atoms with Gasteiger partial charge in [0.25, 0.3) is 0 Å². The van der Waals surface area contributed by atoms with Crippen molar-refractivity contribution in [2.24, 2.45) is 5.73 Å². The summed E-state index contributed by atoms with van der Waals surface area (Å²) < 4.78 is 13.1. The number of benzene rings is 1. The highest BCUT2D eigenvalue weighted by atomic mass is 35.5. The molecule has 0 unspecified atom stereocenters. The Kier molecular flexibility index (Phi) is 4.03. The van der Waals surface area contributed by atoms with Crippen LogP contribution in [-0.2, 0) is 11.2 Å². The van der Waals surface area contributed by atoms with Gasteiger partial charge in [0.05, 0.1) is 5.54 Å². The van der Waals surface area contributed by atoms with Crippen LogP contribution in [0.5, 0.6) is 0 Å². The number of hydrogen-bond donors (Lipinski definition) is 1. The Morgan fingerprint density at radius 2 is 2.00 bits per heavy atom. The average molecular weight is 270 g/mol. The molecular formula is C14H17ClFNO. The predicted octanol–water partition coefficient (Wildman–Crippen LogP) is 3.25. The van der Waals surface area contributed by atoms with E-state index in [1.54, 1.807) is 0 Å². The Morgan fingerprint density at radius 3 is 2.67 bits per heavy atom. The van der Waals surface area contributed by atoms with Gasteiger partial charge in [-0.1, -0.05) is 30.9 Å². The minimum atomic E-state index is -0.742. The molecule has 2 rings (SSSR count). The molecule has 0 heterocycles. The summed E-state index contributed by atoms with van der Waals surface area (Å²) in [5.74, 6) is -0.411. The van der Waals surface area contributed by atoms with E-state index in [2.05, 4.69) is 0 Å².